The zero-order valence-electron chi connectivity index (χ0n) is 41.0. The van der Waals surface area contributed by atoms with Gasteiger partial charge in [-0.25, -0.2) is 20.8 Å². The number of carbonyl (C=O) groups is 3. The third kappa shape index (κ3) is 18.4. The van der Waals surface area contributed by atoms with E-state index in [0.717, 1.165) is 11.1 Å². The van der Waals surface area contributed by atoms with Crippen LogP contribution in [0.3, 0.4) is 0 Å². The number of nitrogens with one attached hydrogen (secondary N) is 1. The smallest absolute Gasteiger partial charge is 0.490 e. The highest BCUT2D eigenvalue weighted by atomic mass is 19.4. The van der Waals surface area contributed by atoms with E-state index in [1.807, 2.05) is 120 Å². The Kier molecular flexibility index (Phi) is 20.7. The number of hydrogen-bond donors (Lipinski definition) is 4. The number of nitrogens with two attached hydrogens (primary N) is 1. The van der Waals surface area contributed by atoms with Crippen LogP contribution in [0.1, 0.15) is 77.5 Å². The van der Waals surface area contributed by atoms with Gasteiger partial charge in [0.05, 0.1) is 31.4 Å². The molecule has 22 heteroatoms. The number of phenols is 1. The average Bonchev–Trinajstić information content (AvgIpc) is 3.93. The van der Waals surface area contributed by atoms with Crippen molar-refractivity contribution in [2.75, 3.05) is 33.0 Å². The molecule has 1 aromatic heterocycles. The monoisotopic (exact) mass is 1010 g/mol. The first-order valence-electron chi connectivity index (χ1n) is 22.5. The lowest BCUT2D eigenvalue weighted by Crippen LogP contribution is -2.51. The van der Waals surface area contributed by atoms with Crippen molar-refractivity contribution in [3.63, 3.8) is 0 Å². The van der Waals surface area contributed by atoms with E-state index in [9.17, 15) is 27.9 Å². The molecule has 0 spiro atoms. The third-order valence-corrected chi connectivity index (χ3v) is 9.99. The molecule has 2 amide bonds. The second kappa shape index (κ2) is 26.1. The predicted molar refractivity (Wildman–Crippen MR) is 255 cm³/mol. The van der Waals surface area contributed by atoms with Gasteiger partial charge in [0, 0.05) is 0 Å². The van der Waals surface area contributed by atoms with Crippen molar-refractivity contribution >= 4 is 18.0 Å². The fraction of sp³-hybridized carbons (Fsp3) is 0.420. The van der Waals surface area contributed by atoms with Gasteiger partial charge in [-0.05, 0) is 94.3 Å². The summed E-state index contributed by atoms with van der Waals surface area (Å²) >= 11 is 0. The number of para-hydroxylation sites is 4. The number of benzene rings is 4. The Morgan fingerprint density at radius 1 is 0.847 bits per heavy atom. The van der Waals surface area contributed by atoms with Gasteiger partial charge in [0.15, 0.2) is 34.9 Å². The first-order valence-corrected chi connectivity index (χ1v) is 22.5. The van der Waals surface area contributed by atoms with Gasteiger partial charge in [0.1, 0.15) is 37.2 Å². The topological polar surface area (TPSA) is 236 Å². The predicted octanol–water partition coefficient (Wildman–Crippen LogP) is 7.68. The molecule has 0 aliphatic carbocycles. The van der Waals surface area contributed by atoms with Gasteiger partial charge in [-0.15, -0.1) is 5.10 Å². The number of aromatic hydroxyl groups is 1. The molecular formula is C50H61F3N8O11. The van der Waals surface area contributed by atoms with Crippen molar-refractivity contribution in [2.24, 2.45) is 5.73 Å². The number of phenolic OH excluding ortho intramolecular Hbond substituents is 1. The minimum atomic E-state index is -5.08. The second-order valence-corrected chi connectivity index (χ2v) is 18.1. The number of carbonyl (C=O) groups excluding carboxylic acids is 2. The van der Waals surface area contributed by atoms with Crippen LogP contribution in [0.2, 0.25) is 0 Å². The van der Waals surface area contributed by atoms with E-state index in [4.69, 9.17) is 50.6 Å². The number of amides is 2. The number of aliphatic carboxylic acids is 1. The van der Waals surface area contributed by atoms with Crippen molar-refractivity contribution < 1.29 is 66.2 Å². The van der Waals surface area contributed by atoms with E-state index >= 15 is 0 Å². The number of rotatable bonds is 18. The van der Waals surface area contributed by atoms with Crippen LogP contribution in [0.4, 0.5) is 18.0 Å². The molecule has 6 rings (SSSR count). The van der Waals surface area contributed by atoms with E-state index in [2.05, 4.69) is 25.7 Å². The normalized spacial score (nSPS) is 15.0. The van der Waals surface area contributed by atoms with Crippen LogP contribution in [-0.4, -0.2) is 115 Å². The van der Waals surface area contributed by atoms with Gasteiger partial charge in [0.25, 0.3) is 0 Å². The van der Waals surface area contributed by atoms with Crippen molar-refractivity contribution in [3.05, 3.63) is 138 Å². The van der Waals surface area contributed by atoms with E-state index < -0.39 is 53.1 Å². The minimum Gasteiger partial charge on any atom is -0.504 e. The summed E-state index contributed by atoms with van der Waals surface area (Å²) < 4.78 is 68.2. The molecule has 0 unspecified atom stereocenters. The summed E-state index contributed by atoms with van der Waals surface area (Å²) in [5, 5.41) is 31.9. The molecular weight excluding hydrogens is 946 g/mol. The summed E-state index contributed by atoms with van der Waals surface area (Å²) in [7, 11) is 0. The van der Waals surface area contributed by atoms with Gasteiger partial charge < -0.3 is 54.5 Å². The summed E-state index contributed by atoms with van der Waals surface area (Å²) in [5.41, 5.74) is 5.54. The highest BCUT2D eigenvalue weighted by Crippen LogP contribution is 2.33. The van der Waals surface area contributed by atoms with E-state index in [0.29, 0.717) is 37.1 Å². The second-order valence-electron chi connectivity index (χ2n) is 18.1. The Morgan fingerprint density at radius 3 is 1.93 bits per heavy atom. The molecule has 0 saturated carbocycles. The highest BCUT2D eigenvalue weighted by Gasteiger charge is 2.46. The Labute approximate surface area is 415 Å². The lowest BCUT2D eigenvalue weighted by molar-refractivity contribution is -0.192. The molecule has 2 heterocycles. The molecule has 1 fully saturated rings. The molecule has 3 atom stereocenters. The van der Waals surface area contributed by atoms with E-state index in [1.54, 1.807) is 36.9 Å². The molecule has 4 aromatic carbocycles. The molecule has 1 saturated heterocycles. The first kappa shape index (κ1) is 57.1. The molecule has 72 heavy (non-hydrogen) atoms. The molecule has 388 valence electrons. The Bertz CT molecular complexity index is 2530. The lowest BCUT2D eigenvalue weighted by atomic mass is 10.1. The number of carboxylic acids is 1. The van der Waals surface area contributed by atoms with Crippen molar-refractivity contribution in [2.45, 2.75) is 103 Å². The van der Waals surface area contributed by atoms with Crippen molar-refractivity contribution in [3.8, 4) is 23.0 Å². The van der Waals surface area contributed by atoms with Gasteiger partial charge in [-0.1, -0.05) is 84.9 Å². The Hall–Kier alpha value is -7.48. The van der Waals surface area contributed by atoms with E-state index in [1.165, 1.54) is 10.7 Å². The number of halogens is 3. The maximum atomic E-state index is 12.8. The molecule has 5 aromatic rings. The van der Waals surface area contributed by atoms with Crippen LogP contribution in [0.15, 0.2) is 109 Å². The van der Waals surface area contributed by atoms with E-state index in [-0.39, 0.29) is 43.9 Å². The number of hydrogen-bond acceptors (Lipinski definition) is 14. The van der Waals surface area contributed by atoms with Crippen LogP contribution in [0.5, 0.6) is 23.0 Å². The molecule has 1 aliphatic heterocycles. The Balaban J connectivity index is 0.000000278. The minimum absolute atomic E-state index is 0.0134. The summed E-state index contributed by atoms with van der Waals surface area (Å²) in [6.07, 6.45) is -5.49. The van der Waals surface area contributed by atoms with Crippen LogP contribution in [0, 0.1) is 6.57 Å². The van der Waals surface area contributed by atoms with Gasteiger partial charge in [-0.3, -0.25) is 9.69 Å². The van der Waals surface area contributed by atoms with Crippen LogP contribution < -0.4 is 25.3 Å². The number of nitrogens with zero attached hydrogens (tertiary/aromatic N) is 6. The maximum absolute atomic E-state index is 12.8. The quantitative estimate of drug-likeness (QED) is 0.0616. The summed E-state index contributed by atoms with van der Waals surface area (Å²) in [6, 6.07) is 32.0. The lowest BCUT2D eigenvalue weighted by Gasteiger charge is -2.35. The third-order valence-electron chi connectivity index (χ3n) is 9.99. The van der Waals surface area contributed by atoms with Crippen molar-refractivity contribution in [1.29, 1.82) is 0 Å². The summed E-state index contributed by atoms with van der Waals surface area (Å²) in [6.45, 7) is 21.3. The number of ether oxygens (including phenoxy) is 6. The zero-order chi connectivity index (χ0) is 53.1. The number of alkyl halides is 3. The standard InChI is InChI=1S/C24H29N7O4.C24H31NO5.C2HF3O2/c1-24(2,25)23(33)27-19(16-34-14-17-9-5-4-6-10-17)22-28-29-30-31(22)18(13-26-3)15-35-21-12-8-7-11-20(21)32;1-23(2,3)30-22(26)25-19(17-29-24(25,4)5)16-28-21-14-10-9-13-20(21)27-15-18-11-7-6-8-12-18;3-2(4,5)1(6)7/h4-12,18-19,32H,13-16,25H2,1-2H3,(H,27,33);6-14,19H,15-17H2,1-5H3;(H,6,7)/t18-,19-;19-;/m10./s1. The molecule has 5 N–H and O–H groups in total. The van der Waals surface area contributed by atoms with Crippen molar-refractivity contribution in [1.82, 2.24) is 30.4 Å². The van der Waals surface area contributed by atoms with Crippen LogP contribution in [-0.2, 0) is 37.0 Å². The number of aromatic nitrogens is 4. The molecule has 0 bridgehead atoms. The molecule has 1 aliphatic rings. The average molecular weight is 1010 g/mol. The maximum Gasteiger partial charge on any atom is 0.490 e. The van der Waals surface area contributed by atoms with Crippen LogP contribution in [0.25, 0.3) is 4.85 Å². The largest absolute Gasteiger partial charge is 0.504 e. The Morgan fingerprint density at radius 2 is 1.39 bits per heavy atom. The molecule has 0 radical (unpaired) electrons. The SMILES string of the molecule is CC(C)(C)OC(=O)N1[C@@H](COc2ccccc2OCc2ccccc2)COC1(C)C.O=C(O)C(F)(F)F.[C-]#[N+]C[C@H](COc1ccccc1O)n1nnnc1[C@@H](COCc1ccccc1)NC(=O)C(C)(C)N. The highest BCUT2D eigenvalue weighted by molar-refractivity contribution is 5.85. The fourth-order valence-corrected chi connectivity index (χ4v) is 6.45. The van der Waals surface area contributed by atoms with Gasteiger partial charge in [0.2, 0.25) is 12.5 Å². The van der Waals surface area contributed by atoms with Gasteiger partial charge >= 0.3 is 18.2 Å². The van der Waals surface area contributed by atoms with Crippen LogP contribution >= 0.6 is 0 Å². The van der Waals surface area contributed by atoms with Gasteiger partial charge in [-0.2, -0.15) is 13.2 Å². The number of carboxylic acid groups (broad SMARTS) is 1. The number of tetrazole rings is 1. The molecule has 19 nitrogen and oxygen atoms in total. The zero-order valence-corrected chi connectivity index (χ0v) is 41.0. The first-order chi connectivity index (χ1) is 33.9. The fourth-order valence-electron chi connectivity index (χ4n) is 6.45. The summed E-state index contributed by atoms with van der Waals surface area (Å²) in [5.74, 6) is -1.33. The summed E-state index contributed by atoms with van der Waals surface area (Å²) in [4.78, 5) is 39.5.